The van der Waals surface area contributed by atoms with Crippen molar-refractivity contribution < 1.29 is 9.47 Å². The predicted octanol–water partition coefficient (Wildman–Crippen LogP) is 3.18. The van der Waals surface area contributed by atoms with Crippen LogP contribution in [-0.4, -0.2) is 18.8 Å². The molecule has 0 saturated heterocycles. The quantitative estimate of drug-likeness (QED) is 0.519. The van der Waals surface area contributed by atoms with Crippen molar-refractivity contribution in [2.75, 3.05) is 13.2 Å². The molecule has 88 valence electrons. The molecule has 0 unspecified atom stereocenters. The molecule has 1 aromatic rings. The smallest absolute Gasteiger partial charge is 0.0863 e. The molecule has 0 fully saturated rings. The van der Waals surface area contributed by atoms with E-state index in [1.54, 1.807) is 6.08 Å². The van der Waals surface area contributed by atoms with E-state index in [1.807, 2.05) is 32.0 Å². The van der Waals surface area contributed by atoms with Crippen molar-refractivity contribution in [3.63, 3.8) is 0 Å². The van der Waals surface area contributed by atoms with Crippen molar-refractivity contribution >= 4 is 0 Å². The van der Waals surface area contributed by atoms with E-state index in [0.29, 0.717) is 19.8 Å². The third-order valence-corrected chi connectivity index (χ3v) is 2.16. The monoisotopic (exact) mass is 220 g/mol. The van der Waals surface area contributed by atoms with Gasteiger partial charge in [0, 0.05) is 0 Å². The van der Waals surface area contributed by atoms with E-state index in [1.165, 1.54) is 5.56 Å². The van der Waals surface area contributed by atoms with Gasteiger partial charge in [-0.15, -0.1) is 6.58 Å². The number of rotatable bonds is 7. The minimum Gasteiger partial charge on any atom is -0.374 e. The zero-order valence-corrected chi connectivity index (χ0v) is 10.1. The molecule has 0 saturated carbocycles. The summed E-state index contributed by atoms with van der Waals surface area (Å²) in [6.45, 7) is 9.42. The summed E-state index contributed by atoms with van der Waals surface area (Å²) in [7, 11) is 0. The fourth-order valence-corrected chi connectivity index (χ4v) is 1.28. The Kier molecular flexibility index (Phi) is 5.23. The third-order valence-electron chi connectivity index (χ3n) is 2.16. The molecule has 1 aromatic carbocycles. The van der Waals surface area contributed by atoms with Crippen molar-refractivity contribution in [3.8, 4) is 0 Å². The number of hydrogen-bond acceptors (Lipinski definition) is 2. The summed E-state index contributed by atoms with van der Waals surface area (Å²) in [5.41, 5.74) is 0.915. The molecule has 16 heavy (non-hydrogen) atoms. The van der Waals surface area contributed by atoms with Crippen molar-refractivity contribution in [2.24, 2.45) is 0 Å². The Morgan fingerprint density at radius 1 is 1.25 bits per heavy atom. The van der Waals surface area contributed by atoms with Crippen LogP contribution in [0.15, 0.2) is 43.0 Å². The summed E-state index contributed by atoms with van der Waals surface area (Å²) < 4.78 is 11.2. The highest BCUT2D eigenvalue weighted by molar-refractivity contribution is 5.13. The summed E-state index contributed by atoms with van der Waals surface area (Å²) in [6, 6.07) is 10.1. The van der Waals surface area contributed by atoms with Crippen LogP contribution in [0, 0.1) is 0 Å². The normalized spacial score (nSPS) is 11.4. The lowest BCUT2D eigenvalue weighted by molar-refractivity contribution is -0.0791. The zero-order chi connectivity index (χ0) is 11.9. The van der Waals surface area contributed by atoms with Crippen LogP contribution in [0.2, 0.25) is 0 Å². The van der Waals surface area contributed by atoms with Crippen LogP contribution >= 0.6 is 0 Å². The Balaban J connectivity index is 2.32. The lowest BCUT2D eigenvalue weighted by Crippen LogP contribution is -2.30. The topological polar surface area (TPSA) is 18.5 Å². The van der Waals surface area contributed by atoms with Gasteiger partial charge in [0.15, 0.2) is 0 Å². The van der Waals surface area contributed by atoms with Gasteiger partial charge in [-0.2, -0.15) is 0 Å². The largest absolute Gasteiger partial charge is 0.374 e. The van der Waals surface area contributed by atoms with Crippen LogP contribution in [0.1, 0.15) is 19.4 Å². The minimum atomic E-state index is -0.265. The second-order valence-electron chi connectivity index (χ2n) is 4.34. The molecule has 0 heterocycles. The molecule has 0 aromatic heterocycles. The second kappa shape index (κ2) is 6.46. The summed E-state index contributed by atoms with van der Waals surface area (Å²) >= 11 is 0. The number of hydrogen-bond donors (Lipinski definition) is 0. The van der Waals surface area contributed by atoms with Gasteiger partial charge in [-0.05, 0) is 19.4 Å². The van der Waals surface area contributed by atoms with Gasteiger partial charge in [0.2, 0.25) is 0 Å². The average Bonchev–Trinajstić information content (AvgIpc) is 2.28. The summed E-state index contributed by atoms with van der Waals surface area (Å²) in [5.74, 6) is 0. The molecular weight excluding hydrogens is 200 g/mol. The molecule has 0 spiro atoms. The minimum absolute atomic E-state index is 0.265. The fraction of sp³-hybridized carbons (Fsp3) is 0.429. The predicted molar refractivity (Wildman–Crippen MR) is 66.3 cm³/mol. The SMILES string of the molecule is C=CCOCC(C)(C)OCc1ccccc1. The van der Waals surface area contributed by atoms with Crippen molar-refractivity contribution in [1.82, 2.24) is 0 Å². The van der Waals surface area contributed by atoms with Crippen LogP contribution < -0.4 is 0 Å². The Morgan fingerprint density at radius 3 is 2.56 bits per heavy atom. The van der Waals surface area contributed by atoms with E-state index < -0.39 is 0 Å². The molecule has 0 atom stereocenters. The lowest BCUT2D eigenvalue weighted by Gasteiger charge is -2.25. The maximum Gasteiger partial charge on any atom is 0.0863 e. The van der Waals surface area contributed by atoms with Gasteiger partial charge in [-0.25, -0.2) is 0 Å². The van der Waals surface area contributed by atoms with Crippen LogP contribution in [0.5, 0.6) is 0 Å². The molecule has 0 bridgehead atoms. The maximum atomic E-state index is 5.80. The highest BCUT2D eigenvalue weighted by atomic mass is 16.5. The van der Waals surface area contributed by atoms with E-state index in [9.17, 15) is 0 Å². The first-order chi connectivity index (χ1) is 7.64. The Morgan fingerprint density at radius 2 is 1.94 bits per heavy atom. The molecule has 2 nitrogen and oxygen atoms in total. The van der Waals surface area contributed by atoms with Crippen LogP contribution in [0.4, 0.5) is 0 Å². The molecular formula is C14H20O2. The fourth-order valence-electron chi connectivity index (χ4n) is 1.28. The van der Waals surface area contributed by atoms with Gasteiger partial charge in [-0.1, -0.05) is 36.4 Å². The van der Waals surface area contributed by atoms with Gasteiger partial charge in [0.05, 0.1) is 25.4 Å². The lowest BCUT2D eigenvalue weighted by atomic mass is 10.1. The average molecular weight is 220 g/mol. The standard InChI is InChI=1S/C14H20O2/c1-4-10-15-12-14(2,3)16-11-13-8-6-5-7-9-13/h4-9H,1,10-12H2,2-3H3. The van der Waals surface area contributed by atoms with Crippen LogP contribution in [0.25, 0.3) is 0 Å². The molecule has 2 heteroatoms. The highest BCUT2D eigenvalue weighted by Gasteiger charge is 2.18. The Hall–Kier alpha value is -1.12. The molecule has 0 radical (unpaired) electrons. The number of benzene rings is 1. The first-order valence-corrected chi connectivity index (χ1v) is 5.50. The van der Waals surface area contributed by atoms with Gasteiger partial charge in [0.1, 0.15) is 0 Å². The molecule has 0 amide bonds. The molecule has 0 aliphatic carbocycles. The highest BCUT2D eigenvalue weighted by Crippen LogP contribution is 2.13. The maximum absolute atomic E-state index is 5.80. The Bertz CT molecular complexity index is 304. The van der Waals surface area contributed by atoms with Crippen LogP contribution in [0.3, 0.4) is 0 Å². The Labute approximate surface area is 97.9 Å². The van der Waals surface area contributed by atoms with E-state index in [4.69, 9.17) is 9.47 Å². The van der Waals surface area contributed by atoms with E-state index >= 15 is 0 Å². The summed E-state index contributed by atoms with van der Waals surface area (Å²) in [4.78, 5) is 0. The first-order valence-electron chi connectivity index (χ1n) is 5.50. The molecule has 0 N–H and O–H groups in total. The third kappa shape index (κ3) is 5.10. The van der Waals surface area contributed by atoms with Crippen LogP contribution in [-0.2, 0) is 16.1 Å². The van der Waals surface area contributed by atoms with Crippen molar-refractivity contribution in [2.45, 2.75) is 26.1 Å². The van der Waals surface area contributed by atoms with Gasteiger partial charge >= 0.3 is 0 Å². The second-order valence-corrected chi connectivity index (χ2v) is 4.34. The van der Waals surface area contributed by atoms with Crippen molar-refractivity contribution in [3.05, 3.63) is 48.6 Å². The van der Waals surface area contributed by atoms with E-state index in [2.05, 4.69) is 18.7 Å². The number of ether oxygens (including phenoxy) is 2. The van der Waals surface area contributed by atoms with Crippen molar-refractivity contribution in [1.29, 1.82) is 0 Å². The summed E-state index contributed by atoms with van der Waals surface area (Å²) in [5, 5.41) is 0. The first kappa shape index (κ1) is 12.9. The van der Waals surface area contributed by atoms with E-state index in [0.717, 1.165) is 0 Å². The van der Waals surface area contributed by atoms with Gasteiger partial charge in [-0.3, -0.25) is 0 Å². The van der Waals surface area contributed by atoms with E-state index in [-0.39, 0.29) is 5.60 Å². The zero-order valence-electron chi connectivity index (χ0n) is 10.1. The molecule has 1 rings (SSSR count). The van der Waals surface area contributed by atoms with Gasteiger partial charge < -0.3 is 9.47 Å². The van der Waals surface area contributed by atoms with Gasteiger partial charge in [0.25, 0.3) is 0 Å². The summed E-state index contributed by atoms with van der Waals surface area (Å²) in [6.07, 6.45) is 1.74. The molecule has 0 aliphatic heterocycles. The molecule has 0 aliphatic rings.